The van der Waals surface area contributed by atoms with Gasteiger partial charge in [0.1, 0.15) is 5.82 Å². The molecule has 1 aromatic heterocycles. The molecule has 172 valence electrons. The SMILES string of the molecule is COc1ccc(C2CCCN2C(=O)NCc2ccnc(N3CCCCCC3)c2)cc1OC. The number of nitrogens with one attached hydrogen (secondary N) is 1. The van der Waals surface area contributed by atoms with Gasteiger partial charge in [-0.3, -0.25) is 0 Å². The number of urea groups is 1. The second kappa shape index (κ2) is 10.6. The number of carbonyl (C=O) groups is 1. The van der Waals surface area contributed by atoms with Crippen molar-refractivity contribution >= 4 is 11.8 Å². The van der Waals surface area contributed by atoms with Crippen molar-refractivity contribution in [2.24, 2.45) is 0 Å². The van der Waals surface area contributed by atoms with Crippen LogP contribution in [0.4, 0.5) is 10.6 Å². The summed E-state index contributed by atoms with van der Waals surface area (Å²) < 4.78 is 10.8. The van der Waals surface area contributed by atoms with Crippen LogP contribution in [0.5, 0.6) is 11.5 Å². The van der Waals surface area contributed by atoms with Crippen LogP contribution in [0.2, 0.25) is 0 Å². The van der Waals surface area contributed by atoms with E-state index in [-0.39, 0.29) is 12.1 Å². The van der Waals surface area contributed by atoms with E-state index in [1.54, 1.807) is 14.2 Å². The Labute approximate surface area is 190 Å². The van der Waals surface area contributed by atoms with Gasteiger partial charge < -0.3 is 24.6 Å². The van der Waals surface area contributed by atoms with Gasteiger partial charge in [-0.1, -0.05) is 18.9 Å². The Kier molecular flexibility index (Phi) is 7.35. The van der Waals surface area contributed by atoms with Gasteiger partial charge in [0.2, 0.25) is 0 Å². The van der Waals surface area contributed by atoms with Gasteiger partial charge in [-0.2, -0.15) is 0 Å². The monoisotopic (exact) mass is 438 g/mol. The molecule has 0 radical (unpaired) electrons. The summed E-state index contributed by atoms with van der Waals surface area (Å²) in [5, 5.41) is 3.12. The fourth-order valence-electron chi connectivity index (χ4n) is 4.74. The molecule has 2 aliphatic heterocycles. The van der Waals surface area contributed by atoms with E-state index in [0.29, 0.717) is 18.0 Å². The third-order valence-corrected chi connectivity index (χ3v) is 6.49. The molecule has 1 aromatic carbocycles. The third kappa shape index (κ3) is 5.09. The highest BCUT2D eigenvalue weighted by Crippen LogP contribution is 2.36. The molecule has 0 aliphatic carbocycles. The van der Waals surface area contributed by atoms with E-state index in [0.717, 1.165) is 49.4 Å². The number of methoxy groups -OCH3 is 2. The summed E-state index contributed by atoms with van der Waals surface area (Å²) in [6.45, 7) is 3.37. The van der Waals surface area contributed by atoms with Gasteiger partial charge in [-0.25, -0.2) is 9.78 Å². The lowest BCUT2D eigenvalue weighted by Crippen LogP contribution is -2.39. The molecule has 7 heteroatoms. The molecule has 0 saturated carbocycles. The zero-order valence-corrected chi connectivity index (χ0v) is 19.2. The van der Waals surface area contributed by atoms with E-state index < -0.39 is 0 Å². The Morgan fingerprint density at radius 1 is 1.00 bits per heavy atom. The average molecular weight is 439 g/mol. The first-order valence-electron chi connectivity index (χ1n) is 11.7. The van der Waals surface area contributed by atoms with Crippen LogP contribution in [-0.2, 0) is 6.54 Å². The molecule has 2 saturated heterocycles. The molecule has 0 spiro atoms. The van der Waals surface area contributed by atoms with Crippen LogP contribution in [0.15, 0.2) is 36.5 Å². The number of hydrogen-bond acceptors (Lipinski definition) is 5. The van der Waals surface area contributed by atoms with Crippen molar-refractivity contribution in [3.63, 3.8) is 0 Å². The van der Waals surface area contributed by atoms with Crippen molar-refractivity contribution in [1.82, 2.24) is 15.2 Å². The van der Waals surface area contributed by atoms with Crippen LogP contribution in [0.25, 0.3) is 0 Å². The highest BCUT2D eigenvalue weighted by molar-refractivity contribution is 5.75. The number of pyridine rings is 1. The van der Waals surface area contributed by atoms with E-state index in [9.17, 15) is 4.79 Å². The molecule has 4 rings (SSSR count). The highest BCUT2D eigenvalue weighted by atomic mass is 16.5. The Bertz CT molecular complexity index is 912. The number of likely N-dealkylation sites (tertiary alicyclic amines) is 1. The summed E-state index contributed by atoms with van der Waals surface area (Å²) in [5.41, 5.74) is 2.15. The second-order valence-electron chi connectivity index (χ2n) is 8.55. The number of aromatic nitrogens is 1. The van der Waals surface area contributed by atoms with Crippen LogP contribution in [-0.4, -0.2) is 49.8 Å². The standard InChI is InChI=1S/C25H34N4O3/c1-31-22-10-9-20(17-23(22)32-2)21-8-7-15-29(21)25(30)27-18-19-11-12-26-24(16-19)28-13-5-3-4-6-14-28/h9-12,16-17,21H,3-8,13-15,18H2,1-2H3,(H,27,30). The number of ether oxygens (including phenoxy) is 2. The lowest BCUT2D eigenvalue weighted by atomic mass is 10.0. The van der Waals surface area contributed by atoms with Crippen LogP contribution >= 0.6 is 0 Å². The minimum absolute atomic E-state index is 0.0320. The summed E-state index contributed by atoms with van der Waals surface area (Å²) in [4.78, 5) is 21.9. The van der Waals surface area contributed by atoms with Crippen molar-refractivity contribution in [3.8, 4) is 11.5 Å². The molecule has 7 nitrogen and oxygen atoms in total. The molecule has 1 N–H and O–H groups in total. The first kappa shape index (κ1) is 22.2. The first-order chi connectivity index (χ1) is 15.7. The normalized spacial score (nSPS) is 18.9. The smallest absolute Gasteiger partial charge is 0.318 e. The van der Waals surface area contributed by atoms with Crippen LogP contribution in [0, 0.1) is 0 Å². The molecular weight excluding hydrogens is 404 g/mol. The second-order valence-corrected chi connectivity index (χ2v) is 8.55. The summed E-state index contributed by atoms with van der Waals surface area (Å²) >= 11 is 0. The summed E-state index contributed by atoms with van der Waals surface area (Å²) in [6, 6.07) is 10.0. The van der Waals surface area contributed by atoms with E-state index >= 15 is 0 Å². The van der Waals surface area contributed by atoms with Crippen molar-refractivity contribution in [2.75, 3.05) is 38.8 Å². The van der Waals surface area contributed by atoms with Gasteiger partial charge in [0, 0.05) is 32.4 Å². The lowest BCUT2D eigenvalue weighted by Gasteiger charge is -2.26. The van der Waals surface area contributed by atoms with Crippen molar-refractivity contribution < 1.29 is 14.3 Å². The van der Waals surface area contributed by atoms with E-state index in [1.165, 1.54) is 25.7 Å². The van der Waals surface area contributed by atoms with Crippen LogP contribution in [0.1, 0.15) is 55.7 Å². The summed E-state index contributed by atoms with van der Waals surface area (Å²) in [6.07, 6.45) is 8.80. The number of anilines is 1. The van der Waals surface area contributed by atoms with Gasteiger partial charge in [-0.05, 0) is 61.1 Å². The Hall–Kier alpha value is -2.96. The fraction of sp³-hybridized carbons (Fsp3) is 0.520. The number of amides is 2. The topological polar surface area (TPSA) is 66.9 Å². The highest BCUT2D eigenvalue weighted by Gasteiger charge is 2.30. The van der Waals surface area contributed by atoms with Crippen molar-refractivity contribution in [1.29, 1.82) is 0 Å². The number of benzene rings is 1. The maximum atomic E-state index is 13.0. The molecule has 1 atom stereocenters. The summed E-state index contributed by atoms with van der Waals surface area (Å²) in [7, 11) is 3.26. The number of rotatable bonds is 6. The maximum absolute atomic E-state index is 13.0. The third-order valence-electron chi connectivity index (χ3n) is 6.49. The van der Waals surface area contributed by atoms with Crippen LogP contribution < -0.4 is 19.7 Å². The number of carbonyl (C=O) groups excluding carboxylic acids is 1. The minimum Gasteiger partial charge on any atom is -0.493 e. The van der Waals surface area contributed by atoms with Gasteiger partial charge in [0.15, 0.2) is 11.5 Å². The van der Waals surface area contributed by atoms with Gasteiger partial charge in [0.25, 0.3) is 0 Å². The predicted octanol–water partition coefficient (Wildman–Crippen LogP) is 4.53. The molecule has 1 unspecified atom stereocenters. The van der Waals surface area contributed by atoms with E-state index in [1.807, 2.05) is 35.4 Å². The van der Waals surface area contributed by atoms with Gasteiger partial charge in [0.05, 0.1) is 20.3 Å². The lowest BCUT2D eigenvalue weighted by molar-refractivity contribution is 0.192. The predicted molar refractivity (Wildman–Crippen MR) is 125 cm³/mol. The minimum atomic E-state index is -0.0320. The quantitative estimate of drug-likeness (QED) is 0.718. The maximum Gasteiger partial charge on any atom is 0.318 e. The van der Waals surface area contributed by atoms with E-state index in [4.69, 9.17) is 9.47 Å². The fourth-order valence-corrected chi connectivity index (χ4v) is 4.74. The zero-order chi connectivity index (χ0) is 22.3. The Balaban J connectivity index is 1.40. The molecule has 2 amide bonds. The number of nitrogens with zero attached hydrogens (tertiary/aromatic N) is 3. The molecular formula is C25H34N4O3. The van der Waals surface area contributed by atoms with Crippen molar-refractivity contribution in [2.45, 2.75) is 51.1 Å². The molecule has 3 heterocycles. The van der Waals surface area contributed by atoms with Crippen LogP contribution in [0.3, 0.4) is 0 Å². The van der Waals surface area contributed by atoms with E-state index in [2.05, 4.69) is 21.3 Å². The van der Waals surface area contributed by atoms with Gasteiger partial charge >= 0.3 is 6.03 Å². The molecule has 32 heavy (non-hydrogen) atoms. The molecule has 2 fully saturated rings. The molecule has 2 aromatic rings. The zero-order valence-electron chi connectivity index (χ0n) is 19.2. The van der Waals surface area contributed by atoms with Crippen molar-refractivity contribution in [3.05, 3.63) is 47.7 Å². The van der Waals surface area contributed by atoms with Gasteiger partial charge in [-0.15, -0.1) is 0 Å². The first-order valence-corrected chi connectivity index (χ1v) is 11.7. The largest absolute Gasteiger partial charge is 0.493 e. The number of hydrogen-bond donors (Lipinski definition) is 1. The summed E-state index contributed by atoms with van der Waals surface area (Å²) in [5.74, 6) is 2.40. The molecule has 2 aliphatic rings. The Morgan fingerprint density at radius 3 is 2.53 bits per heavy atom. The molecule has 0 bridgehead atoms. The Morgan fingerprint density at radius 2 is 1.78 bits per heavy atom. The average Bonchev–Trinajstić information content (AvgIpc) is 3.17.